The number of carbonyl (C=O) groups excluding carboxylic acids is 2. The van der Waals surface area contributed by atoms with E-state index < -0.39 is 29.2 Å². The third kappa shape index (κ3) is 7.24. The minimum Gasteiger partial charge on any atom is -0.481 e. The van der Waals surface area contributed by atoms with Crippen LogP contribution in [0.1, 0.15) is 53.7 Å². The maximum absolute atomic E-state index is 14.3. The number of carboxylic acids is 1. The Balaban J connectivity index is 1.86. The first-order valence-corrected chi connectivity index (χ1v) is 12.1. The van der Waals surface area contributed by atoms with E-state index >= 15 is 0 Å². The minimum atomic E-state index is -1.27. The normalized spacial score (nSPS) is 13.5. The van der Waals surface area contributed by atoms with Crippen LogP contribution < -0.4 is 5.32 Å². The predicted octanol–water partition coefficient (Wildman–Crippen LogP) is 4.93. The SMILES string of the molecule is CCOC[C@](C)(C[C@@H](Cc1ccc(-c2cc(Cl)ccc2F)cc1)NC(=O)c1cc(C(C)=O)n[nH]1)C(=O)O. The summed E-state index contributed by atoms with van der Waals surface area (Å²) in [5, 5.41) is 19.6. The van der Waals surface area contributed by atoms with Crippen LogP contribution in [-0.4, -0.2) is 52.2 Å². The lowest BCUT2D eigenvalue weighted by Gasteiger charge is -2.30. The number of hydrogen-bond acceptors (Lipinski definition) is 5. The highest BCUT2D eigenvalue weighted by atomic mass is 35.5. The smallest absolute Gasteiger partial charge is 0.311 e. The lowest BCUT2D eigenvalue weighted by molar-refractivity contribution is -0.152. The fraction of sp³-hybridized carbons (Fsp3) is 0.333. The summed E-state index contributed by atoms with van der Waals surface area (Å²) in [6.07, 6.45) is 0.374. The Kier molecular flexibility index (Phi) is 9.18. The molecule has 3 aromatic rings. The molecule has 0 saturated heterocycles. The Morgan fingerprint density at radius 2 is 1.89 bits per heavy atom. The summed E-state index contributed by atoms with van der Waals surface area (Å²) in [4.78, 5) is 36.6. The largest absolute Gasteiger partial charge is 0.481 e. The Bertz CT molecular complexity index is 1280. The van der Waals surface area contributed by atoms with Crippen molar-refractivity contribution in [3.05, 3.63) is 76.3 Å². The first-order valence-electron chi connectivity index (χ1n) is 11.7. The molecule has 2 atom stereocenters. The van der Waals surface area contributed by atoms with E-state index in [0.717, 1.165) is 5.56 Å². The number of Topliss-reactive ketones (excluding diaryl/α,β-unsaturated/α-hetero) is 1. The molecule has 0 saturated carbocycles. The third-order valence-corrected chi connectivity index (χ3v) is 6.27. The zero-order valence-electron chi connectivity index (χ0n) is 20.8. The highest BCUT2D eigenvalue weighted by Gasteiger charge is 2.37. The standard InChI is InChI=1S/C27H29ClFN3O5/c1-4-37-15-27(3,26(35)36)14-20(30-25(34)24-13-23(16(2)33)31-32-24)11-17-5-7-18(8-6-17)21-12-19(28)9-10-22(21)29/h5-10,12-13,20H,4,11,14-15H2,1-3H3,(H,30,34)(H,31,32)(H,35,36)/t20-,27+/m1/s1. The van der Waals surface area contributed by atoms with Crippen LogP contribution in [0.4, 0.5) is 4.39 Å². The van der Waals surface area contributed by atoms with Crippen molar-refractivity contribution in [3.8, 4) is 11.1 Å². The number of H-pyrrole nitrogens is 1. The first-order chi connectivity index (χ1) is 17.5. The van der Waals surface area contributed by atoms with Gasteiger partial charge in [0.25, 0.3) is 5.91 Å². The van der Waals surface area contributed by atoms with E-state index in [0.29, 0.717) is 29.2 Å². The van der Waals surface area contributed by atoms with Crippen LogP contribution in [0.5, 0.6) is 0 Å². The van der Waals surface area contributed by atoms with Gasteiger partial charge < -0.3 is 15.2 Å². The topological polar surface area (TPSA) is 121 Å². The van der Waals surface area contributed by atoms with Gasteiger partial charge in [-0.15, -0.1) is 0 Å². The summed E-state index contributed by atoms with van der Waals surface area (Å²) in [6.45, 7) is 5.00. The molecule has 10 heteroatoms. The summed E-state index contributed by atoms with van der Waals surface area (Å²) in [6, 6.07) is 12.1. The number of carbonyl (C=O) groups is 3. The second-order valence-corrected chi connectivity index (χ2v) is 9.56. The van der Waals surface area contributed by atoms with E-state index in [9.17, 15) is 23.9 Å². The highest BCUT2D eigenvalue weighted by Crippen LogP contribution is 2.29. The number of ether oxygens (including phenoxy) is 1. The number of nitrogens with zero attached hydrogens (tertiary/aromatic N) is 1. The number of ketones is 1. The van der Waals surface area contributed by atoms with Crippen LogP contribution in [0.3, 0.4) is 0 Å². The van der Waals surface area contributed by atoms with Crippen LogP contribution in [0.2, 0.25) is 5.02 Å². The molecule has 2 aromatic carbocycles. The molecule has 1 amide bonds. The Morgan fingerprint density at radius 3 is 2.49 bits per heavy atom. The van der Waals surface area contributed by atoms with Gasteiger partial charge in [0, 0.05) is 30.2 Å². The Labute approximate surface area is 219 Å². The summed E-state index contributed by atoms with van der Waals surface area (Å²) in [7, 11) is 0. The second kappa shape index (κ2) is 12.1. The van der Waals surface area contributed by atoms with Crippen molar-refractivity contribution < 1.29 is 28.6 Å². The van der Waals surface area contributed by atoms with Crippen molar-refractivity contribution >= 4 is 29.3 Å². The van der Waals surface area contributed by atoms with Crippen LogP contribution in [0, 0.1) is 11.2 Å². The molecule has 37 heavy (non-hydrogen) atoms. The summed E-state index contributed by atoms with van der Waals surface area (Å²) in [5.41, 5.74) is 0.733. The molecule has 0 unspecified atom stereocenters. The number of halogens is 2. The number of carboxylic acid groups (broad SMARTS) is 1. The summed E-state index contributed by atoms with van der Waals surface area (Å²) >= 11 is 6.02. The first kappa shape index (κ1) is 28.0. The zero-order chi connectivity index (χ0) is 27.2. The Morgan fingerprint density at radius 1 is 1.19 bits per heavy atom. The Hall–Kier alpha value is -3.56. The number of hydrogen-bond donors (Lipinski definition) is 3. The quantitative estimate of drug-likeness (QED) is 0.286. The van der Waals surface area contributed by atoms with E-state index in [2.05, 4.69) is 15.5 Å². The van der Waals surface area contributed by atoms with Gasteiger partial charge in [0.2, 0.25) is 0 Å². The molecule has 0 aliphatic rings. The molecule has 196 valence electrons. The van der Waals surface area contributed by atoms with E-state index in [4.69, 9.17) is 16.3 Å². The zero-order valence-corrected chi connectivity index (χ0v) is 21.6. The number of aromatic amines is 1. The van der Waals surface area contributed by atoms with Gasteiger partial charge in [-0.25, -0.2) is 4.39 Å². The molecule has 0 bridgehead atoms. The monoisotopic (exact) mass is 529 g/mol. The van der Waals surface area contributed by atoms with Crippen LogP contribution in [-0.2, 0) is 16.0 Å². The highest BCUT2D eigenvalue weighted by molar-refractivity contribution is 6.30. The van der Waals surface area contributed by atoms with Crippen LogP contribution >= 0.6 is 11.6 Å². The van der Waals surface area contributed by atoms with Gasteiger partial charge in [0.05, 0.1) is 12.0 Å². The van der Waals surface area contributed by atoms with Gasteiger partial charge in [-0.2, -0.15) is 5.10 Å². The number of aliphatic carboxylic acids is 1. The summed E-state index contributed by atoms with van der Waals surface area (Å²) < 4.78 is 19.7. The molecular weight excluding hydrogens is 501 g/mol. The van der Waals surface area contributed by atoms with Crippen LogP contribution in [0.25, 0.3) is 11.1 Å². The number of amides is 1. The molecule has 0 fully saturated rings. The van der Waals surface area contributed by atoms with E-state index in [1.54, 1.807) is 44.2 Å². The van der Waals surface area contributed by atoms with Gasteiger partial charge in [0.1, 0.15) is 17.2 Å². The molecule has 0 aliphatic carbocycles. The van der Waals surface area contributed by atoms with Crippen molar-refractivity contribution in [3.63, 3.8) is 0 Å². The van der Waals surface area contributed by atoms with E-state index in [1.165, 1.54) is 25.1 Å². The van der Waals surface area contributed by atoms with Gasteiger partial charge >= 0.3 is 5.97 Å². The lowest BCUT2D eigenvalue weighted by Crippen LogP contribution is -2.44. The molecule has 1 heterocycles. The molecule has 3 N–H and O–H groups in total. The van der Waals surface area contributed by atoms with E-state index in [-0.39, 0.29) is 30.2 Å². The second-order valence-electron chi connectivity index (χ2n) is 9.13. The van der Waals surface area contributed by atoms with Crippen molar-refractivity contribution in [2.45, 2.75) is 39.7 Å². The number of benzene rings is 2. The van der Waals surface area contributed by atoms with Gasteiger partial charge in [0.15, 0.2) is 5.78 Å². The lowest BCUT2D eigenvalue weighted by atomic mass is 9.82. The van der Waals surface area contributed by atoms with Crippen molar-refractivity contribution in [2.75, 3.05) is 13.2 Å². The van der Waals surface area contributed by atoms with E-state index in [1.807, 2.05) is 0 Å². The molecule has 0 spiro atoms. The fourth-order valence-corrected chi connectivity index (χ4v) is 4.13. The maximum Gasteiger partial charge on any atom is 0.311 e. The molecule has 0 aliphatic heterocycles. The van der Waals surface area contributed by atoms with Gasteiger partial charge in [-0.05, 0) is 62.1 Å². The molecular formula is C27H29ClFN3O5. The molecule has 0 radical (unpaired) electrons. The van der Waals surface area contributed by atoms with Gasteiger partial charge in [-0.1, -0.05) is 35.9 Å². The maximum atomic E-state index is 14.3. The van der Waals surface area contributed by atoms with Gasteiger partial charge in [-0.3, -0.25) is 19.5 Å². The third-order valence-electron chi connectivity index (χ3n) is 6.03. The average Bonchev–Trinajstić information content (AvgIpc) is 3.36. The predicted molar refractivity (Wildman–Crippen MR) is 137 cm³/mol. The molecule has 8 nitrogen and oxygen atoms in total. The van der Waals surface area contributed by atoms with Crippen molar-refractivity contribution in [1.29, 1.82) is 0 Å². The summed E-state index contributed by atoms with van der Waals surface area (Å²) in [5.74, 6) is -2.27. The minimum absolute atomic E-state index is 0.0310. The number of aromatic nitrogens is 2. The molecule has 3 rings (SSSR count). The van der Waals surface area contributed by atoms with Crippen molar-refractivity contribution in [1.82, 2.24) is 15.5 Å². The number of rotatable bonds is 12. The fourth-order valence-electron chi connectivity index (χ4n) is 3.96. The van der Waals surface area contributed by atoms with Crippen LogP contribution in [0.15, 0.2) is 48.5 Å². The van der Waals surface area contributed by atoms with Crippen molar-refractivity contribution in [2.24, 2.45) is 5.41 Å². The average molecular weight is 530 g/mol. The number of nitrogens with one attached hydrogen (secondary N) is 2. The molecule has 1 aromatic heterocycles.